The fourth-order valence-electron chi connectivity index (χ4n) is 3.17. The van der Waals surface area contributed by atoms with Crippen LogP contribution in [0.5, 0.6) is 0 Å². The van der Waals surface area contributed by atoms with E-state index in [2.05, 4.69) is 6.92 Å². The monoisotopic (exact) mass is 302 g/mol. The molecule has 122 valence electrons. The number of rotatable bonds is 4. The largest absolute Gasteiger partial charge is 0.379 e. The summed E-state index contributed by atoms with van der Waals surface area (Å²) in [5, 5.41) is 0. The van der Waals surface area contributed by atoms with Gasteiger partial charge in [-0.1, -0.05) is 6.92 Å². The van der Waals surface area contributed by atoms with E-state index in [0.29, 0.717) is 13.2 Å². The van der Waals surface area contributed by atoms with E-state index in [1.807, 2.05) is 27.7 Å². The Morgan fingerprint density at radius 1 is 0.857 bits per heavy atom. The molecule has 3 fully saturated rings. The molecule has 0 unspecified atom stereocenters. The van der Waals surface area contributed by atoms with Gasteiger partial charge < -0.3 is 28.4 Å². The van der Waals surface area contributed by atoms with Gasteiger partial charge in [0.25, 0.3) is 0 Å². The minimum Gasteiger partial charge on any atom is -0.379 e. The van der Waals surface area contributed by atoms with Gasteiger partial charge in [-0.3, -0.25) is 0 Å². The predicted octanol–water partition coefficient (Wildman–Crippen LogP) is 1.81. The second kappa shape index (κ2) is 5.44. The van der Waals surface area contributed by atoms with Crippen molar-refractivity contribution >= 4 is 0 Å². The highest BCUT2D eigenvalue weighted by Gasteiger charge is 2.60. The topological polar surface area (TPSA) is 55.4 Å². The Hall–Kier alpha value is -0.240. The van der Waals surface area contributed by atoms with Crippen LogP contribution < -0.4 is 0 Å². The molecule has 0 aromatic heterocycles. The minimum atomic E-state index is -0.671. The van der Waals surface area contributed by atoms with Crippen LogP contribution in [-0.4, -0.2) is 55.5 Å². The minimum absolute atomic E-state index is 0.198. The third-order valence-corrected chi connectivity index (χ3v) is 3.88. The maximum absolute atomic E-state index is 6.03. The van der Waals surface area contributed by atoms with Gasteiger partial charge in [0.15, 0.2) is 17.9 Å². The average Bonchev–Trinajstić information content (AvgIpc) is 2.84. The summed E-state index contributed by atoms with van der Waals surface area (Å²) in [5.74, 6) is -1.32. The van der Waals surface area contributed by atoms with Crippen molar-refractivity contribution in [2.45, 2.75) is 83.3 Å². The average molecular weight is 302 g/mol. The molecule has 0 saturated carbocycles. The third kappa shape index (κ3) is 3.11. The molecule has 3 aliphatic rings. The van der Waals surface area contributed by atoms with Crippen molar-refractivity contribution in [2.24, 2.45) is 0 Å². The number of hydrogen-bond donors (Lipinski definition) is 0. The van der Waals surface area contributed by atoms with Crippen LogP contribution in [0.15, 0.2) is 0 Å². The first kappa shape index (κ1) is 15.6. The van der Waals surface area contributed by atoms with Crippen LogP contribution in [0, 0.1) is 0 Å². The highest BCUT2D eigenvalue weighted by atomic mass is 16.9. The van der Waals surface area contributed by atoms with E-state index >= 15 is 0 Å². The Morgan fingerprint density at radius 2 is 1.48 bits per heavy atom. The predicted molar refractivity (Wildman–Crippen MR) is 73.6 cm³/mol. The summed E-state index contributed by atoms with van der Waals surface area (Å²) in [6, 6.07) is 0. The van der Waals surface area contributed by atoms with Gasteiger partial charge in [0.1, 0.15) is 24.4 Å². The van der Waals surface area contributed by atoms with Crippen molar-refractivity contribution in [2.75, 3.05) is 13.2 Å². The summed E-state index contributed by atoms with van der Waals surface area (Å²) in [6.07, 6.45) is -0.334. The molecule has 0 aliphatic carbocycles. The van der Waals surface area contributed by atoms with E-state index in [4.69, 9.17) is 28.4 Å². The Kier molecular flexibility index (Phi) is 4.05. The third-order valence-electron chi connectivity index (χ3n) is 3.88. The van der Waals surface area contributed by atoms with E-state index in [-0.39, 0.29) is 24.4 Å². The summed E-state index contributed by atoms with van der Waals surface area (Å²) < 4.78 is 35.5. The summed E-state index contributed by atoms with van der Waals surface area (Å²) in [4.78, 5) is 0. The Morgan fingerprint density at radius 3 is 2.19 bits per heavy atom. The Balaban J connectivity index is 1.75. The first-order valence-corrected chi connectivity index (χ1v) is 7.76. The molecule has 3 rings (SSSR count). The maximum Gasteiger partial charge on any atom is 0.190 e. The highest BCUT2D eigenvalue weighted by Crippen LogP contribution is 2.44. The van der Waals surface area contributed by atoms with E-state index in [1.54, 1.807) is 0 Å². The van der Waals surface area contributed by atoms with Gasteiger partial charge >= 0.3 is 0 Å². The van der Waals surface area contributed by atoms with E-state index in [9.17, 15) is 0 Å². The normalized spacial score (nSPS) is 43.6. The van der Waals surface area contributed by atoms with Gasteiger partial charge in [-0.2, -0.15) is 0 Å². The van der Waals surface area contributed by atoms with Crippen LogP contribution >= 0.6 is 0 Å². The number of ether oxygens (including phenoxy) is 6. The maximum atomic E-state index is 6.03. The molecule has 0 aromatic carbocycles. The lowest BCUT2D eigenvalue weighted by molar-refractivity contribution is -0.243. The van der Waals surface area contributed by atoms with Gasteiger partial charge in [-0.05, 0) is 34.1 Å². The molecule has 0 N–H and O–H groups in total. The molecule has 21 heavy (non-hydrogen) atoms. The van der Waals surface area contributed by atoms with Crippen LogP contribution in [0.3, 0.4) is 0 Å². The van der Waals surface area contributed by atoms with Crippen molar-refractivity contribution in [1.82, 2.24) is 0 Å². The summed E-state index contributed by atoms with van der Waals surface area (Å²) in [6.45, 7) is 10.8. The molecule has 3 heterocycles. The zero-order chi connectivity index (χ0) is 15.3. The number of fused-ring (bicyclic) bond motifs is 3. The second-order valence-electron chi connectivity index (χ2n) is 6.78. The molecule has 6 nitrogen and oxygen atoms in total. The van der Waals surface area contributed by atoms with E-state index in [0.717, 1.165) is 6.42 Å². The fourth-order valence-corrected chi connectivity index (χ4v) is 3.17. The zero-order valence-electron chi connectivity index (χ0n) is 13.5. The Bertz CT molecular complexity index is 382. The second-order valence-corrected chi connectivity index (χ2v) is 6.78. The molecular formula is C15H26O6. The van der Waals surface area contributed by atoms with Crippen molar-refractivity contribution in [3.8, 4) is 0 Å². The van der Waals surface area contributed by atoms with Gasteiger partial charge in [-0.25, -0.2) is 0 Å². The SMILES string of the molecule is CCCOC[C@H]1O[C@@H]2OC(C)(C)O[C@@H]2[C@H]2OC(C)(C)O[C@H]21. The van der Waals surface area contributed by atoms with Crippen LogP contribution in [0.1, 0.15) is 41.0 Å². The van der Waals surface area contributed by atoms with Crippen molar-refractivity contribution in [3.63, 3.8) is 0 Å². The Labute approximate surface area is 126 Å². The lowest BCUT2D eigenvalue weighted by Crippen LogP contribution is -2.56. The first-order valence-electron chi connectivity index (χ1n) is 7.76. The molecule has 6 heteroatoms. The van der Waals surface area contributed by atoms with E-state index < -0.39 is 17.9 Å². The van der Waals surface area contributed by atoms with Crippen LogP contribution in [0.4, 0.5) is 0 Å². The lowest BCUT2D eigenvalue weighted by Gasteiger charge is -2.37. The van der Waals surface area contributed by atoms with Gasteiger partial charge in [0.05, 0.1) is 6.61 Å². The molecule has 0 amide bonds. The molecule has 5 atom stereocenters. The van der Waals surface area contributed by atoms with Crippen LogP contribution in [0.2, 0.25) is 0 Å². The standard InChI is InChI=1S/C15H26O6/c1-6-7-16-8-9-10-11(19-14(2,3)18-10)12-13(17-9)21-15(4,5)20-12/h9-13H,6-8H2,1-5H3/t9-,10+,11+,12-,13-/m1/s1. The van der Waals surface area contributed by atoms with Gasteiger partial charge in [-0.15, -0.1) is 0 Å². The summed E-state index contributed by atoms with van der Waals surface area (Å²) in [5.41, 5.74) is 0. The van der Waals surface area contributed by atoms with Crippen LogP contribution in [0.25, 0.3) is 0 Å². The molecule has 0 bridgehead atoms. The lowest BCUT2D eigenvalue weighted by atomic mass is 9.99. The molecule has 3 saturated heterocycles. The fraction of sp³-hybridized carbons (Fsp3) is 1.00. The van der Waals surface area contributed by atoms with Gasteiger partial charge in [0.2, 0.25) is 0 Å². The van der Waals surface area contributed by atoms with Crippen molar-refractivity contribution in [3.05, 3.63) is 0 Å². The highest BCUT2D eigenvalue weighted by molar-refractivity contribution is 4.99. The first-order chi connectivity index (χ1) is 9.81. The smallest absolute Gasteiger partial charge is 0.190 e. The van der Waals surface area contributed by atoms with Crippen molar-refractivity contribution in [1.29, 1.82) is 0 Å². The zero-order valence-corrected chi connectivity index (χ0v) is 13.5. The van der Waals surface area contributed by atoms with E-state index in [1.165, 1.54) is 0 Å². The van der Waals surface area contributed by atoms with Crippen LogP contribution in [-0.2, 0) is 28.4 Å². The molecule has 0 aromatic rings. The van der Waals surface area contributed by atoms with Gasteiger partial charge in [0, 0.05) is 6.61 Å². The number of hydrogen-bond acceptors (Lipinski definition) is 6. The summed E-state index contributed by atoms with van der Waals surface area (Å²) in [7, 11) is 0. The molecule has 0 spiro atoms. The van der Waals surface area contributed by atoms with Crippen molar-refractivity contribution < 1.29 is 28.4 Å². The molecule has 0 radical (unpaired) electrons. The quantitative estimate of drug-likeness (QED) is 0.738. The summed E-state index contributed by atoms with van der Waals surface area (Å²) >= 11 is 0. The molecule has 3 aliphatic heterocycles. The molecular weight excluding hydrogens is 276 g/mol.